The lowest BCUT2D eigenvalue weighted by Gasteiger charge is -2.13. The molecule has 0 bridgehead atoms. The van der Waals surface area contributed by atoms with E-state index in [4.69, 9.17) is 9.47 Å². The van der Waals surface area contributed by atoms with Crippen LogP contribution in [0.25, 0.3) is 16.8 Å². The number of ether oxygens (including phenoxy) is 2. The summed E-state index contributed by atoms with van der Waals surface area (Å²) in [5.74, 6) is -0.230. The highest BCUT2D eigenvalue weighted by molar-refractivity contribution is 8.18. The molecule has 3 aromatic rings. The molecular formula is C25H21NO5S. The van der Waals surface area contributed by atoms with Gasteiger partial charge in [0.05, 0.1) is 18.1 Å². The number of carbonyl (C=O) groups excluding carboxylic acids is 3. The first-order valence-electron chi connectivity index (χ1n) is 10.1. The van der Waals surface area contributed by atoms with E-state index in [2.05, 4.69) is 0 Å². The smallest absolute Gasteiger partial charge is 0.344 e. The van der Waals surface area contributed by atoms with Crippen molar-refractivity contribution in [1.29, 1.82) is 0 Å². The molecule has 162 valence electrons. The van der Waals surface area contributed by atoms with Crippen molar-refractivity contribution in [3.63, 3.8) is 0 Å². The molecule has 0 aliphatic carbocycles. The van der Waals surface area contributed by atoms with Gasteiger partial charge in [-0.05, 0) is 64.9 Å². The number of hydrogen-bond acceptors (Lipinski definition) is 6. The number of imide groups is 1. The summed E-state index contributed by atoms with van der Waals surface area (Å²) in [6.07, 6.45) is 1.68. The highest BCUT2D eigenvalue weighted by Crippen LogP contribution is 2.33. The monoisotopic (exact) mass is 447 g/mol. The molecule has 0 atom stereocenters. The molecule has 2 amide bonds. The van der Waals surface area contributed by atoms with E-state index in [-0.39, 0.29) is 24.3 Å². The molecule has 0 aromatic heterocycles. The second-order valence-corrected chi connectivity index (χ2v) is 8.11. The summed E-state index contributed by atoms with van der Waals surface area (Å²) >= 11 is 0.929. The van der Waals surface area contributed by atoms with Crippen LogP contribution in [0.1, 0.15) is 18.1 Å². The van der Waals surface area contributed by atoms with Gasteiger partial charge in [-0.2, -0.15) is 0 Å². The molecule has 1 aliphatic rings. The van der Waals surface area contributed by atoms with Crippen LogP contribution in [0.15, 0.2) is 71.6 Å². The Morgan fingerprint density at radius 2 is 1.75 bits per heavy atom. The number of thioether (sulfide) groups is 1. The van der Waals surface area contributed by atoms with Crippen molar-refractivity contribution in [2.24, 2.45) is 0 Å². The Bertz CT molecular complexity index is 1200. The van der Waals surface area contributed by atoms with E-state index in [1.165, 1.54) is 4.90 Å². The van der Waals surface area contributed by atoms with Gasteiger partial charge in [0.25, 0.3) is 11.1 Å². The molecule has 3 aromatic carbocycles. The predicted octanol–water partition coefficient (Wildman–Crippen LogP) is 5.02. The van der Waals surface area contributed by atoms with Gasteiger partial charge >= 0.3 is 5.97 Å². The summed E-state index contributed by atoms with van der Waals surface area (Å²) < 4.78 is 10.2. The standard InChI is InChI=1S/C25H21NO5S/c1-2-30-23(27)16-31-21-11-8-17(9-12-21)14-22-24(28)26(25(29)32-22)15-18-7-10-19-5-3-4-6-20(19)13-18/h3-14H,2,15-16H2,1H3/b22-14-. The summed E-state index contributed by atoms with van der Waals surface area (Å²) in [5, 5.41) is 1.89. The van der Waals surface area contributed by atoms with Crippen LogP contribution < -0.4 is 4.74 Å². The fourth-order valence-corrected chi connectivity index (χ4v) is 4.15. The number of fused-ring (bicyclic) bond motifs is 1. The van der Waals surface area contributed by atoms with Gasteiger partial charge in [0.1, 0.15) is 5.75 Å². The van der Waals surface area contributed by atoms with Gasteiger partial charge in [0.2, 0.25) is 0 Å². The van der Waals surface area contributed by atoms with Crippen molar-refractivity contribution in [1.82, 2.24) is 4.90 Å². The van der Waals surface area contributed by atoms with Crippen LogP contribution in [0, 0.1) is 0 Å². The van der Waals surface area contributed by atoms with Gasteiger partial charge in [0, 0.05) is 0 Å². The molecular weight excluding hydrogens is 426 g/mol. The van der Waals surface area contributed by atoms with Gasteiger partial charge in [-0.25, -0.2) is 4.79 Å². The van der Waals surface area contributed by atoms with Gasteiger partial charge in [-0.15, -0.1) is 0 Å². The Hall–Kier alpha value is -3.58. The van der Waals surface area contributed by atoms with Crippen LogP contribution in [0.3, 0.4) is 0 Å². The van der Waals surface area contributed by atoms with E-state index in [0.29, 0.717) is 17.3 Å². The minimum atomic E-state index is -0.434. The summed E-state index contributed by atoms with van der Waals surface area (Å²) in [6, 6.07) is 20.8. The van der Waals surface area contributed by atoms with Crippen LogP contribution in [-0.4, -0.2) is 35.2 Å². The largest absolute Gasteiger partial charge is 0.482 e. The molecule has 4 rings (SSSR count). The summed E-state index contributed by atoms with van der Waals surface area (Å²) in [7, 11) is 0. The molecule has 0 radical (unpaired) electrons. The zero-order chi connectivity index (χ0) is 22.5. The molecule has 1 saturated heterocycles. The van der Waals surface area contributed by atoms with Crippen LogP contribution in [0.4, 0.5) is 4.79 Å². The molecule has 1 heterocycles. The fraction of sp³-hybridized carbons (Fsp3) is 0.160. The zero-order valence-corrected chi connectivity index (χ0v) is 18.3. The van der Waals surface area contributed by atoms with Gasteiger partial charge < -0.3 is 9.47 Å². The van der Waals surface area contributed by atoms with E-state index in [0.717, 1.165) is 33.7 Å². The summed E-state index contributed by atoms with van der Waals surface area (Å²) in [4.78, 5) is 38.3. The van der Waals surface area contributed by atoms with E-state index >= 15 is 0 Å². The first-order valence-corrected chi connectivity index (χ1v) is 11.0. The Morgan fingerprint density at radius 1 is 1.00 bits per heavy atom. The number of rotatable bonds is 7. The minimum Gasteiger partial charge on any atom is -0.482 e. The van der Waals surface area contributed by atoms with Crippen molar-refractivity contribution in [2.45, 2.75) is 13.5 Å². The Morgan fingerprint density at radius 3 is 2.50 bits per heavy atom. The number of hydrogen-bond donors (Lipinski definition) is 0. The lowest BCUT2D eigenvalue weighted by atomic mass is 10.1. The van der Waals surface area contributed by atoms with Gasteiger partial charge in [0.15, 0.2) is 6.61 Å². The van der Waals surface area contributed by atoms with Gasteiger partial charge in [-0.3, -0.25) is 14.5 Å². The average molecular weight is 448 g/mol. The molecule has 0 saturated carbocycles. The summed E-state index contributed by atoms with van der Waals surface area (Å²) in [5.41, 5.74) is 1.65. The molecule has 0 spiro atoms. The topological polar surface area (TPSA) is 72.9 Å². The van der Waals surface area contributed by atoms with Crippen molar-refractivity contribution >= 4 is 45.7 Å². The van der Waals surface area contributed by atoms with E-state index in [1.54, 1.807) is 37.3 Å². The molecule has 6 nitrogen and oxygen atoms in total. The van der Waals surface area contributed by atoms with Crippen LogP contribution in [-0.2, 0) is 20.9 Å². The first kappa shape index (κ1) is 21.6. The first-order chi connectivity index (χ1) is 15.5. The van der Waals surface area contributed by atoms with E-state index < -0.39 is 5.97 Å². The van der Waals surface area contributed by atoms with E-state index in [9.17, 15) is 14.4 Å². The SMILES string of the molecule is CCOC(=O)COc1ccc(/C=C2\SC(=O)N(Cc3ccc4ccccc4c3)C2=O)cc1. The van der Waals surface area contributed by atoms with Crippen molar-refractivity contribution < 1.29 is 23.9 Å². The number of benzene rings is 3. The van der Waals surface area contributed by atoms with Gasteiger partial charge in [-0.1, -0.05) is 48.5 Å². The normalized spacial score (nSPS) is 14.9. The maximum absolute atomic E-state index is 12.8. The average Bonchev–Trinajstić information content (AvgIpc) is 3.06. The number of amides is 2. The van der Waals surface area contributed by atoms with Crippen LogP contribution >= 0.6 is 11.8 Å². The van der Waals surface area contributed by atoms with Crippen molar-refractivity contribution in [3.8, 4) is 5.75 Å². The number of nitrogens with zero attached hydrogens (tertiary/aromatic N) is 1. The Balaban J connectivity index is 1.43. The third kappa shape index (κ3) is 5.00. The molecule has 1 aliphatic heterocycles. The predicted molar refractivity (Wildman–Crippen MR) is 124 cm³/mol. The summed E-state index contributed by atoms with van der Waals surface area (Å²) in [6.45, 7) is 2.10. The minimum absolute atomic E-state index is 0.166. The molecule has 32 heavy (non-hydrogen) atoms. The third-order valence-electron chi connectivity index (χ3n) is 4.87. The fourth-order valence-electron chi connectivity index (χ4n) is 3.31. The number of esters is 1. The highest BCUT2D eigenvalue weighted by Gasteiger charge is 2.35. The third-order valence-corrected chi connectivity index (χ3v) is 5.78. The van der Waals surface area contributed by atoms with Crippen LogP contribution in [0.2, 0.25) is 0 Å². The second-order valence-electron chi connectivity index (χ2n) is 7.11. The second kappa shape index (κ2) is 9.70. The van der Waals surface area contributed by atoms with Crippen molar-refractivity contribution in [2.75, 3.05) is 13.2 Å². The highest BCUT2D eigenvalue weighted by atomic mass is 32.2. The maximum Gasteiger partial charge on any atom is 0.344 e. The van der Waals surface area contributed by atoms with Crippen LogP contribution in [0.5, 0.6) is 5.75 Å². The molecule has 0 N–H and O–H groups in total. The lowest BCUT2D eigenvalue weighted by molar-refractivity contribution is -0.145. The lowest BCUT2D eigenvalue weighted by Crippen LogP contribution is -2.27. The quantitative estimate of drug-likeness (QED) is 0.374. The zero-order valence-electron chi connectivity index (χ0n) is 17.4. The Kier molecular flexibility index (Phi) is 6.56. The maximum atomic E-state index is 12.8. The van der Waals surface area contributed by atoms with E-state index in [1.807, 2.05) is 42.5 Å². The Labute approximate surface area is 189 Å². The molecule has 1 fully saturated rings. The molecule has 0 unspecified atom stereocenters. The number of carbonyl (C=O) groups is 3. The van der Waals surface area contributed by atoms with Crippen molar-refractivity contribution in [3.05, 3.63) is 82.8 Å². The molecule has 7 heteroatoms.